The van der Waals surface area contributed by atoms with Crippen LogP contribution in [0.25, 0.3) is 0 Å². The van der Waals surface area contributed by atoms with E-state index in [1.165, 1.54) is 4.90 Å². The van der Waals surface area contributed by atoms with E-state index in [-0.39, 0.29) is 6.09 Å². The van der Waals surface area contributed by atoms with Crippen molar-refractivity contribution in [1.29, 1.82) is 0 Å². The molecule has 0 heterocycles. The summed E-state index contributed by atoms with van der Waals surface area (Å²) in [5, 5.41) is 0. The van der Waals surface area contributed by atoms with Crippen LogP contribution in [-0.2, 0) is 4.74 Å². The molecule has 1 amide bonds. The highest BCUT2D eigenvalue weighted by molar-refractivity contribution is 14.1. The average Bonchev–Trinajstić information content (AvgIpc) is 2.24. The molecule has 4 heteroatoms. The van der Waals surface area contributed by atoms with Gasteiger partial charge in [-0.3, -0.25) is 4.90 Å². The van der Waals surface area contributed by atoms with E-state index in [4.69, 9.17) is 4.74 Å². The number of rotatable bonds is 2. The topological polar surface area (TPSA) is 29.5 Å². The van der Waals surface area contributed by atoms with Gasteiger partial charge >= 0.3 is 6.09 Å². The number of carbonyl (C=O) groups is 1. The molecule has 0 aliphatic rings. The molecule has 0 N–H and O–H groups in total. The minimum absolute atomic E-state index is 0.371. The summed E-state index contributed by atoms with van der Waals surface area (Å²) < 4.78 is 6.39. The van der Waals surface area contributed by atoms with Crippen LogP contribution in [0.1, 0.15) is 27.7 Å². The number of nitrogens with zero attached hydrogens (tertiary/aromatic N) is 1. The fraction of sp³-hybridized carbons (Fsp3) is 0.357. The highest BCUT2D eigenvalue weighted by atomic mass is 127. The van der Waals surface area contributed by atoms with Crippen LogP contribution >= 0.6 is 22.6 Å². The second-order valence-corrected chi connectivity index (χ2v) is 5.95. The molecule has 1 aromatic carbocycles. The average molecular weight is 359 g/mol. The second kappa shape index (κ2) is 6.22. The largest absolute Gasteiger partial charge is 0.443 e. The molecule has 3 nitrogen and oxygen atoms in total. The number of carbonyl (C=O) groups excluding carboxylic acids is 1. The maximum Gasteiger partial charge on any atom is 0.418 e. The fourth-order valence-corrected chi connectivity index (χ4v) is 1.99. The predicted molar refractivity (Wildman–Crippen MR) is 82.7 cm³/mol. The standard InChI is InChI=1S/C14H18INO2/c1-5-10-16(13(17)18-14(2,3)4)12-9-7-6-8-11(12)15/h5-10H,1-4H3. The Balaban J connectivity index is 3.04. The number of para-hydroxylation sites is 1. The Labute approximate surface area is 122 Å². The van der Waals surface area contributed by atoms with Crippen LogP contribution in [0.15, 0.2) is 36.5 Å². The van der Waals surface area contributed by atoms with E-state index in [1.54, 1.807) is 6.20 Å². The van der Waals surface area contributed by atoms with Crippen LogP contribution in [-0.4, -0.2) is 11.7 Å². The van der Waals surface area contributed by atoms with Crippen LogP contribution in [0.4, 0.5) is 10.5 Å². The lowest BCUT2D eigenvalue weighted by atomic mass is 10.2. The summed E-state index contributed by atoms with van der Waals surface area (Å²) in [5.74, 6) is 0. The first-order valence-corrected chi connectivity index (χ1v) is 6.82. The number of hydrogen-bond donors (Lipinski definition) is 0. The zero-order chi connectivity index (χ0) is 13.8. The van der Waals surface area contributed by atoms with Crippen LogP contribution in [0, 0.1) is 3.57 Å². The smallest absolute Gasteiger partial charge is 0.418 e. The van der Waals surface area contributed by atoms with Crippen molar-refractivity contribution >= 4 is 34.4 Å². The number of halogens is 1. The minimum atomic E-state index is -0.503. The highest BCUT2D eigenvalue weighted by Gasteiger charge is 2.22. The van der Waals surface area contributed by atoms with Crippen molar-refractivity contribution in [3.63, 3.8) is 0 Å². The summed E-state index contributed by atoms with van der Waals surface area (Å²) in [6, 6.07) is 7.69. The monoisotopic (exact) mass is 359 g/mol. The lowest BCUT2D eigenvalue weighted by Crippen LogP contribution is -2.33. The summed E-state index contributed by atoms with van der Waals surface area (Å²) in [6.07, 6.45) is 3.16. The van der Waals surface area contributed by atoms with E-state index in [0.717, 1.165) is 9.26 Å². The molecule has 18 heavy (non-hydrogen) atoms. The summed E-state index contributed by atoms with van der Waals surface area (Å²) in [7, 11) is 0. The molecule has 0 aromatic heterocycles. The highest BCUT2D eigenvalue weighted by Crippen LogP contribution is 2.24. The number of allylic oxidation sites excluding steroid dienone is 1. The third-order valence-electron chi connectivity index (χ3n) is 2.00. The molecular formula is C14H18INO2. The maximum atomic E-state index is 12.2. The van der Waals surface area contributed by atoms with E-state index in [1.807, 2.05) is 58.0 Å². The van der Waals surface area contributed by atoms with Gasteiger partial charge in [0.15, 0.2) is 0 Å². The Morgan fingerprint density at radius 3 is 2.44 bits per heavy atom. The van der Waals surface area contributed by atoms with Gasteiger partial charge in [-0.1, -0.05) is 18.2 Å². The first-order chi connectivity index (χ1) is 8.35. The molecule has 0 aliphatic heterocycles. The summed E-state index contributed by atoms with van der Waals surface area (Å²) in [6.45, 7) is 7.44. The van der Waals surface area contributed by atoms with Crippen molar-refractivity contribution in [3.8, 4) is 0 Å². The first kappa shape index (κ1) is 15.0. The van der Waals surface area contributed by atoms with Gasteiger partial charge in [-0.2, -0.15) is 0 Å². The number of ether oxygens (including phenoxy) is 1. The Kier molecular flexibility index (Phi) is 5.19. The van der Waals surface area contributed by atoms with E-state index in [0.29, 0.717) is 0 Å². The second-order valence-electron chi connectivity index (χ2n) is 4.78. The third kappa shape index (κ3) is 4.33. The quantitative estimate of drug-likeness (QED) is 0.725. The molecule has 0 bridgehead atoms. The summed E-state index contributed by atoms with van der Waals surface area (Å²) in [4.78, 5) is 13.7. The molecule has 0 spiro atoms. The van der Waals surface area contributed by atoms with E-state index >= 15 is 0 Å². The molecule has 98 valence electrons. The van der Waals surface area contributed by atoms with Crippen molar-refractivity contribution in [2.24, 2.45) is 0 Å². The van der Waals surface area contributed by atoms with E-state index in [9.17, 15) is 4.79 Å². The number of amides is 1. The zero-order valence-electron chi connectivity index (χ0n) is 11.1. The predicted octanol–water partition coefficient (Wildman–Crippen LogP) is 4.57. The van der Waals surface area contributed by atoms with Crippen LogP contribution in [0.5, 0.6) is 0 Å². The molecule has 1 aromatic rings. The number of anilines is 1. The van der Waals surface area contributed by atoms with Gasteiger partial charge in [0.2, 0.25) is 0 Å². The molecule has 0 fully saturated rings. The molecule has 0 aliphatic carbocycles. The Hall–Kier alpha value is -1.04. The molecule has 0 atom stereocenters. The van der Waals surface area contributed by atoms with Crippen LogP contribution < -0.4 is 4.90 Å². The van der Waals surface area contributed by atoms with Crippen molar-refractivity contribution in [2.45, 2.75) is 33.3 Å². The lowest BCUT2D eigenvalue weighted by Gasteiger charge is -2.25. The zero-order valence-corrected chi connectivity index (χ0v) is 13.3. The minimum Gasteiger partial charge on any atom is -0.443 e. The van der Waals surface area contributed by atoms with Crippen molar-refractivity contribution in [1.82, 2.24) is 0 Å². The Morgan fingerprint density at radius 1 is 1.33 bits per heavy atom. The van der Waals surface area contributed by atoms with Gasteiger partial charge in [0, 0.05) is 9.77 Å². The Morgan fingerprint density at radius 2 is 1.94 bits per heavy atom. The van der Waals surface area contributed by atoms with Crippen LogP contribution in [0.3, 0.4) is 0 Å². The van der Waals surface area contributed by atoms with Crippen LogP contribution in [0.2, 0.25) is 0 Å². The summed E-state index contributed by atoms with van der Waals surface area (Å²) >= 11 is 2.20. The molecular weight excluding hydrogens is 341 g/mol. The normalized spacial score (nSPS) is 11.6. The summed E-state index contributed by atoms with van der Waals surface area (Å²) in [5.41, 5.74) is 0.322. The van der Waals surface area contributed by atoms with E-state index in [2.05, 4.69) is 22.6 Å². The first-order valence-electron chi connectivity index (χ1n) is 5.74. The van der Waals surface area contributed by atoms with Gasteiger partial charge in [-0.05, 0) is 62.4 Å². The maximum absolute atomic E-state index is 12.2. The van der Waals surface area contributed by atoms with Crippen molar-refractivity contribution in [3.05, 3.63) is 40.1 Å². The SMILES string of the molecule is CC=CN(C(=O)OC(C)(C)C)c1ccccc1I. The molecule has 0 saturated carbocycles. The lowest BCUT2D eigenvalue weighted by molar-refractivity contribution is 0.0596. The molecule has 0 saturated heterocycles. The van der Waals surface area contributed by atoms with Gasteiger partial charge in [0.1, 0.15) is 5.60 Å². The Bertz CT molecular complexity index is 449. The van der Waals surface area contributed by atoms with Gasteiger partial charge in [-0.15, -0.1) is 0 Å². The van der Waals surface area contributed by atoms with Crippen molar-refractivity contribution in [2.75, 3.05) is 4.90 Å². The van der Waals surface area contributed by atoms with Gasteiger partial charge in [0.25, 0.3) is 0 Å². The van der Waals surface area contributed by atoms with Crippen molar-refractivity contribution < 1.29 is 9.53 Å². The molecule has 0 radical (unpaired) electrons. The molecule has 1 rings (SSSR count). The van der Waals surface area contributed by atoms with Gasteiger partial charge in [0.05, 0.1) is 5.69 Å². The van der Waals surface area contributed by atoms with E-state index < -0.39 is 5.60 Å². The third-order valence-corrected chi connectivity index (χ3v) is 2.91. The molecule has 0 unspecified atom stereocenters. The van der Waals surface area contributed by atoms with Gasteiger partial charge < -0.3 is 4.74 Å². The number of hydrogen-bond acceptors (Lipinski definition) is 2. The van der Waals surface area contributed by atoms with Gasteiger partial charge in [-0.25, -0.2) is 4.79 Å². The fourth-order valence-electron chi connectivity index (χ4n) is 1.35. The number of benzene rings is 1.